The van der Waals surface area contributed by atoms with E-state index in [1.807, 2.05) is 6.07 Å². The van der Waals surface area contributed by atoms with E-state index in [1.54, 1.807) is 24.3 Å². The Kier molecular flexibility index (Phi) is 2.68. The molecule has 2 rings (SSSR count). The van der Waals surface area contributed by atoms with Crippen LogP contribution in [0.25, 0.3) is 10.8 Å². The fourth-order valence-corrected chi connectivity index (χ4v) is 1.84. The van der Waals surface area contributed by atoms with E-state index in [2.05, 4.69) is 0 Å². The van der Waals surface area contributed by atoms with E-state index in [1.165, 1.54) is 13.8 Å². The van der Waals surface area contributed by atoms with E-state index in [-0.39, 0.29) is 11.6 Å². The zero-order valence-electron chi connectivity index (χ0n) is 9.78. The highest BCUT2D eigenvalue weighted by Crippen LogP contribution is 2.23. The minimum Gasteiger partial charge on any atom is -0.398 e. The predicted molar refractivity (Wildman–Crippen MR) is 68.4 cm³/mol. The van der Waals surface area contributed by atoms with Gasteiger partial charge in [0.1, 0.15) is 0 Å². The van der Waals surface area contributed by atoms with Crippen molar-refractivity contribution in [3.8, 4) is 0 Å². The Labute approximate surface area is 99.2 Å². The van der Waals surface area contributed by atoms with Crippen LogP contribution < -0.4 is 5.73 Å². The van der Waals surface area contributed by atoms with E-state index in [4.69, 9.17) is 5.73 Å². The maximum Gasteiger partial charge on any atom is 0.161 e. The third-order valence-electron chi connectivity index (χ3n) is 2.79. The number of nitrogens with two attached hydrogens (primary N) is 1. The van der Waals surface area contributed by atoms with Gasteiger partial charge in [0.2, 0.25) is 0 Å². The number of Topliss-reactive ketones (excluding diaryl/α,β-unsaturated/α-hetero) is 2. The van der Waals surface area contributed by atoms with Crippen LogP contribution in [0.15, 0.2) is 30.3 Å². The summed E-state index contributed by atoms with van der Waals surface area (Å²) in [6.07, 6.45) is 0. The first-order valence-electron chi connectivity index (χ1n) is 5.34. The molecule has 0 aliphatic rings. The van der Waals surface area contributed by atoms with Crippen molar-refractivity contribution in [1.29, 1.82) is 0 Å². The number of carbonyl (C=O) groups excluding carboxylic acids is 2. The van der Waals surface area contributed by atoms with E-state index in [0.29, 0.717) is 16.8 Å². The molecule has 0 heterocycles. The summed E-state index contributed by atoms with van der Waals surface area (Å²) in [5.74, 6) is -0.0641. The zero-order chi connectivity index (χ0) is 12.6. The summed E-state index contributed by atoms with van der Waals surface area (Å²) in [6, 6.07) is 8.88. The number of anilines is 1. The quantitative estimate of drug-likeness (QED) is 0.634. The second kappa shape index (κ2) is 4.01. The van der Waals surface area contributed by atoms with Gasteiger partial charge in [0, 0.05) is 16.8 Å². The van der Waals surface area contributed by atoms with Crippen molar-refractivity contribution in [2.45, 2.75) is 13.8 Å². The van der Waals surface area contributed by atoms with Gasteiger partial charge in [-0.2, -0.15) is 0 Å². The molecule has 0 bridgehead atoms. The summed E-state index contributed by atoms with van der Waals surface area (Å²) in [6.45, 7) is 3.00. The number of nitrogen functional groups attached to an aromatic ring is 1. The normalized spacial score (nSPS) is 10.5. The summed E-state index contributed by atoms with van der Waals surface area (Å²) in [5, 5.41) is 1.79. The molecule has 0 unspecified atom stereocenters. The van der Waals surface area contributed by atoms with Gasteiger partial charge < -0.3 is 5.73 Å². The summed E-state index contributed by atoms with van der Waals surface area (Å²) >= 11 is 0. The molecule has 2 N–H and O–H groups in total. The van der Waals surface area contributed by atoms with Crippen LogP contribution in [-0.2, 0) is 0 Å². The molecule has 3 nitrogen and oxygen atoms in total. The molecular formula is C14H13NO2. The Hall–Kier alpha value is -2.16. The van der Waals surface area contributed by atoms with Crippen molar-refractivity contribution in [3.63, 3.8) is 0 Å². The molecule has 2 aromatic carbocycles. The lowest BCUT2D eigenvalue weighted by Crippen LogP contribution is -2.00. The standard InChI is InChI=1S/C14H13NO2/c1-8(16)10-3-4-11-7-14(15)13(9(2)17)6-12(11)5-10/h3-7H,15H2,1-2H3. The van der Waals surface area contributed by atoms with Gasteiger partial charge in [-0.15, -0.1) is 0 Å². The van der Waals surface area contributed by atoms with Crippen LogP contribution in [0.5, 0.6) is 0 Å². The Morgan fingerprint density at radius 3 is 2.24 bits per heavy atom. The van der Waals surface area contributed by atoms with Gasteiger partial charge >= 0.3 is 0 Å². The van der Waals surface area contributed by atoms with Crippen LogP contribution in [0.1, 0.15) is 34.6 Å². The molecule has 86 valence electrons. The lowest BCUT2D eigenvalue weighted by molar-refractivity contribution is 0.101. The number of rotatable bonds is 2. The van der Waals surface area contributed by atoms with E-state index in [0.717, 1.165) is 10.8 Å². The summed E-state index contributed by atoms with van der Waals surface area (Å²) in [4.78, 5) is 22.7. The summed E-state index contributed by atoms with van der Waals surface area (Å²) < 4.78 is 0. The Balaban J connectivity index is 2.72. The van der Waals surface area contributed by atoms with Crippen LogP contribution in [0, 0.1) is 0 Å². The Morgan fingerprint density at radius 2 is 1.65 bits per heavy atom. The average Bonchev–Trinajstić information content (AvgIpc) is 2.27. The first-order chi connectivity index (χ1) is 7.99. The van der Waals surface area contributed by atoms with Gasteiger partial charge in [-0.05, 0) is 42.8 Å². The number of hydrogen-bond donors (Lipinski definition) is 1. The molecule has 0 radical (unpaired) electrons. The van der Waals surface area contributed by atoms with Crippen LogP contribution in [0.4, 0.5) is 5.69 Å². The first kappa shape index (κ1) is 11.3. The van der Waals surface area contributed by atoms with Gasteiger partial charge in [0.05, 0.1) is 0 Å². The minimum absolute atomic E-state index is 0.00750. The second-order valence-electron chi connectivity index (χ2n) is 4.11. The van der Waals surface area contributed by atoms with Gasteiger partial charge in [-0.1, -0.05) is 12.1 Å². The van der Waals surface area contributed by atoms with Crippen LogP contribution in [0.3, 0.4) is 0 Å². The van der Waals surface area contributed by atoms with Crippen molar-refractivity contribution in [3.05, 3.63) is 41.5 Å². The monoisotopic (exact) mass is 227 g/mol. The highest BCUT2D eigenvalue weighted by atomic mass is 16.1. The average molecular weight is 227 g/mol. The molecule has 0 amide bonds. The molecule has 0 aromatic heterocycles. The van der Waals surface area contributed by atoms with E-state index >= 15 is 0 Å². The lowest BCUT2D eigenvalue weighted by atomic mass is 10.00. The number of carbonyl (C=O) groups is 2. The van der Waals surface area contributed by atoms with Crippen LogP contribution in [0.2, 0.25) is 0 Å². The zero-order valence-corrected chi connectivity index (χ0v) is 9.78. The highest BCUT2D eigenvalue weighted by Gasteiger charge is 2.08. The van der Waals surface area contributed by atoms with Gasteiger partial charge in [0.15, 0.2) is 11.6 Å². The smallest absolute Gasteiger partial charge is 0.161 e. The van der Waals surface area contributed by atoms with Crippen molar-refractivity contribution in [2.75, 3.05) is 5.73 Å². The van der Waals surface area contributed by atoms with Crippen molar-refractivity contribution in [2.24, 2.45) is 0 Å². The third-order valence-corrected chi connectivity index (χ3v) is 2.79. The molecule has 0 aliphatic heterocycles. The molecule has 0 fully saturated rings. The molecular weight excluding hydrogens is 214 g/mol. The minimum atomic E-state index is -0.0716. The van der Waals surface area contributed by atoms with Crippen LogP contribution in [-0.4, -0.2) is 11.6 Å². The fourth-order valence-electron chi connectivity index (χ4n) is 1.84. The molecule has 0 saturated carbocycles. The SMILES string of the molecule is CC(=O)c1ccc2cc(N)c(C(C)=O)cc2c1. The highest BCUT2D eigenvalue weighted by molar-refractivity contribution is 6.05. The second-order valence-corrected chi connectivity index (χ2v) is 4.11. The van der Waals surface area contributed by atoms with Gasteiger partial charge in [-0.25, -0.2) is 0 Å². The Morgan fingerprint density at radius 1 is 0.941 bits per heavy atom. The lowest BCUT2D eigenvalue weighted by Gasteiger charge is -2.06. The molecule has 3 heteroatoms. The maximum absolute atomic E-state index is 11.4. The number of benzene rings is 2. The van der Waals surface area contributed by atoms with Gasteiger partial charge in [0.25, 0.3) is 0 Å². The summed E-state index contributed by atoms with van der Waals surface area (Å²) in [7, 11) is 0. The number of hydrogen-bond acceptors (Lipinski definition) is 3. The molecule has 0 aliphatic carbocycles. The molecule has 17 heavy (non-hydrogen) atoms. The topological polar surface area (TPSA) is 60.2 Å². The van der Waals surface area contributed by atoms with Crippen molar-refractivity contribution in [1.82, 2.24) is 0 Å². The third kappa shape index (κ3) is 2.04. The van der Waals surface area contributed by atoms with Crippen LogP contribution >= 0.6 is 0 Å². The van der Waals surface area contributed by atoms with Crippen molar-refractivity contribution >= 4 is 28.0 Å². The van der Waals surface area contributed by atoms with Crippen molar-refractivity contribution < 1.29 is 9.59 Å². The maximum atomic E-state index is 11.4. The molecule has 0 spiro atoms. The molecule has 2 aromatic rings. The number of ketones is 2. The Bertz CT molecular complexity index is 629. The van der Waals surface area contributed by atoms with E-state index < -0.39 is 0 Å². The summed E-state index contributed by atoms with van der Waals surface area (Å²) in [5.41, 5.74) is 7.40. The van der Waals surface area contributed by atoms with Gasteiger partial charge in [-0.3, -0.25) is 9.59 Å². The molecule has 0 saturated heterocycles. The largest absolute Gasteiger partial charge is 0.398 e. The first-order valence-corrected chi connectivity index (χ1v) is 5.34. The predicted octanol–water partition coefficient (Wildman–Crippen LogP) is 2.83. The number of fused-ring (bicyclic) bond motifs is 1. The molecule has 0 atom stereocenters. The van der Waals surface area contributed by atoms with E-state index in [9.17, 15) is 9.59 Å². The fraction of sp³-hybridized carbons (Fsp3) is 0.143.